The summed E-state index contributed by atoms with van der Waals surface area (Å²) >= 11 is 0. The highest BCUT2D eigenvalue weighted by Crippen LogP contribution is 2.14. The average Bonchev–Trinajstić information content (AvgIpc) is 3.19. The van der Waals surface area contributed by atoms with Crippen LogP contribution < -0.4 is 11.1 Å². The number of rotatable bonds is 47. The number of carbonyl (C=O) groups excluding carboxylic acids is 1. The van der Waals surface area contributed by atoms with Crippen LogP contribution in [0.25, 0.3) is 0 Å². The first kappa shape index (κ1) is 54.3. The summed E-state index contributed by atoms with van der Waals surface area (Å²) in [5, 5.41) is 12.4. The predicted octanol–water partition coefficient (Wildman–Crippen LogP) is 14.9. The fourth-order valence-electron chi connectivity index (χ4n) is 7.51. The number of nitrogens with two attached hydrogens (primary N) is 1. The van der Waals surface area contributed by atoms with Crippen LogP contribution in [0.15, 0.2) is 24.3 Å². The number of aliphatic carboxylic acids is 1. The van der Waals surface area contributed by atoms with Crippen molar-refractivity contribution in [3.63, 3.8) is 0 Å². The highest BCUT2D eigenvalue weighted by Gasteiger charge is 2.06. The van der Waals surface area contributed by atoms with Crippen LogP contribution >= 0.6 is 0 Å². The Morgan fingerprint density at radius 2 is 0.875 bits per heavy atom. The highest BCUT2D eigenvalue weighted by molar-refractivity contribution is 5.69. The molecule has 0 amide bonds. The largest absolute Gasteiger partial charge is 0.481 e. The molecule has 0 aliphatic heterocycles. The zero-order valence-electron chi connectivity index (χ0n) is 37.3. The number of nitrogens with one attached hydrogen (secondary N) is 1. The summed E-state index contributed by atoms with van der Waals surface area (Å²) in [6, 6.07) is 0.483. The van der Waals surface area contributed by atoms with Gasteiger partial charge in [-0.25, -0.2) is 0 Å². The quantitative estimate of drug-likeness (QED) is 0.0322. The third kappa shape index (κ3) is 46.7. The van der Waals surface area contributed by atoms with Crippen LogP contribution in [0, 0.1) is 0 Å². The molecule has 1 unspecified atom stereocenters. The highest BCUT2D eigenvalue weighted by atomic mass is 16.5. The van der Waals surface area contributed by atoms with E-state index in [9.17, 15) is 9.59 Å². The average molecular weight is 789 g/mol. The fraction of sp³-hybridized carbons (Fsp3) is 0.880. The van der Waals surface area contributed by atoms with Crippen LogP contribution in [0.3, 0.4) is 0 Å². The number of hydrogen-bond donors (Lipinski definition) is 3. The first-order chi connectivity index (χ1) is 27.6. The van der Waals surface area contributed by atoms with Crippen molar-refractivity contribution in [2.75, 3.05) is 19.7 Å². The molecule has 0 aromatic rings. The van der Waals surface area contributed by atoms with E-state index < -0.39 is 5.97 Å². The Bertz CT molecular complexity index is 860. The Kier molecular flexibility index (Phi) is 46.3. The van der Waals surface area contributed by atoms with Gasteiger partial charge in [-0.2, -0.15) is 0 Å². The van der Waals surface area contributed by atoms with Gasteiger partial charge in [0.15, 0.2) is 0 Å². The second-order valence-corrected chi connectivity index (χ2v) is 16.8. The Hall–Kier alpha value is -1.66. The van der Waals surface area contributed by atoms with Crippen LogP contribution in [0.5, 0.6) is 0 Å². The molecular formula is C50H96N2O4. The van der Waals surface area contributed by atoms with Gasteiger partial charge in [0.2, 0.25) is 0 Å². The van der Waals surface area contributed by atoms with Crippen LogP contribution in [0.1, 0.15) is 257 Å². The second kappa shape index (κ2) is 47.7. The van der Waals surface area contributed by atoms with E-state index in [1.54, 1.807) is 0 Å². The van der Waals surface area contributed by atoms with Crippen LogP contribution in [-0.4, -0.2) is 42.8 Å². The molecule has 0 rings (SSSR count). The third-order valence-electron chi connectivity index (χ3n) is 11.3. The number of unbranched alkanes of at least 4 members (excludes halogenated alkanes) is 31. The smallest absolute Gasteiger partial charge is 0.305 e. The Morgan fingerprint density at radius 1 is 0.500 bits per heavy atom. The minimum absolute atomic E-state index is 0.00435. The van der Waals surface area contributed by atoms with Crippen molar-refractivity contribution in [2.45, 2.75) is 263 Å². The van der Waals surface area contributed by atoms with Crippen molar-refractivity contribution >= 4 is 11.9 Å². The molecule has 0 bridgehead atoms. The number of carboxylic acid groups (broad SMARTS) is 1. The summed E-state index contributed by atoms with van der Waals surface area (Å²) in [5.41, 5.74) is 6.06. The van der Waals surface area contributed by atoms with Crippen molar-refractivity contribution < 1.29 is 19.4 Å². The Labute approximate surface area is 348 Å². The van der Waals surface area contributed by atoms with E-state index in [4.69, 9.17) is 15.6 Å². The van der Waals surface area contributed by atoms with Gasteiger partial charge in [-0.15, -0.1) is 0 Å². The Balaban J connectivity index is 3.35. The summed E-state index contributed by atoms with van der Waals surface area (Å²) in [5.74, 6) is -0.666. The van der Waals surface area contributed by atoms with Gasteiger partial charge in [0.05, 0.1) is 6.61 Å². The third-order valence-corrected chi connectivity index (χ3v) is 11.3. The summed E-state index contributed by atoms with van der Waals surface area (Å²) in [6.45, 7) is 4.74. The van der Waals surface area contributed by atoms with E-state index in [1.807, 2.05) is 0 Å². The van der Waals surface area contributed by atoms with Crippen LogP contribution in [0.4, 0.5) is 0 Å². The molecule has 0 aromatic carbocycles. The van der Waals surface area contributed by atoms with Crippen molar-refractivity contribution in [1.29, 1.82) is 0 Å². The topological polar surface area (TPSA) is 102 Å². The molecule has 0 fully saturated rings. The molecule has 56 heavy (non-hydrogen) atoms. The molecule has 0 spiro atoms. The maximum Gasteiger partial charge on any atom is 0.305 e. The molecule has 0 radical (unpaired) electrons. The first-order valence-electron chi connectivity index (χ1n) is 24.7. The summed E-state index contributed by atoms with van der Waals surface area (Å²) in [4.78, 5) is 22.5. The van der Waals surface area contributed by atoms with Crippen LogP contribution in [0.2, 0.25) is 0 Å². The SMILES string of the molecule is CCCCCCCCCCCCOC(=O)CCCCCCCC=CCCCCCCCCNC(CN)CCCCCCCCC=CCCCCCCCC(=O)O. The zero-order chi connectivity index (χ0) is 40.7. The van der Waals surface area contributed by atoms with Crippen molar-refractivity contribution in [3.05, 3.63) is 24.3 Å². The van der Waals surface area contributed by atoms with E-state index >= 15 is 0 Å². The van der Waals surface area contributed by atoms with E-state index in [2.05, 4.69) is 36.5 Å². The zero-order valence-corrected chi connectivity index (χ0v) is 37.3. The lowest BCUT2D eigenvalue weighted by molar-refractivity contribution is -0.144. The first-order valence-corrected chi connectivity index (χ1v) is 24.7. The standard InChI is InChI=1S/C50H96N2O4/c1-2-3-4-5-6-7-26-31-36-41-46-56-50(55)44-39-34-29-24-20-16-12-9-13-17-21-25-30-35-40-45-52-48(47-51)42-37-32-27-22-18-14-10-8-11-15-19-23-28-33-38-43-49(53)54/h8-9,11-12,48,52H,2-7,10,13-47,51H2,1H3,(H,53,54). The van der Waals surface area contributed by atoms with Crippen molar-refractivity contribution in [3.8, 4) is 0 Å². The summed E-state index contributed by atoms with van der Waals surface area (Å²) in [7, 11) is 0. The van der Waals surface area contributed by atoms with Gasteiger partial charge < -0.3 is 20.9 Å². The van der Waals surface area contributed by atoms with E-state index in [0.717, 1.165) is 51.6 Å². The summed E-state index contributed by atoms with van der Waals surface area (Å²) in [6.07, 6.45) is 56.8. The lowest BCUT2D eigenvalue weighted by Gasteiger charge is -2.16. The van der Waals surface area contributed by atoms with Gasteiger partial charge in [0.1, 0.15) is 0 Å². The lowest BCUT2D eigenvalue weighted by atomic mass is 10.0. The minimum Gasteiger partial charge on any atom is -0.481 e. The number of carboxylic acids is 1. The molecule has 6 nitrogen and oxygen atoms in total. The minimum atomic E-state index is -0.670. The monoisotopic (exact) mass is 789 g/mol. The van der Waals surface area contributed by atoms with Crippen molar-refractivity contribution in [1.82, 2.24) is 5.32 Å². The molecule has 1 atom stereocenters. The molecule has 330 valence electrons. The number of carbonyl (C=O) groups is 2. The predicted molar refractivity (Wildman–Crippen MR) is 243 cm³/mol. The number of ether oxygens (including phenoxy) is 1. The van der Waals surface area contributed by atoms with E-state index in [0.29, 0.717) is 25.5 Å². The lowest BCUT2D eigenvalue weighted by Crippen LogP contribution is -2.36. The van der Waals surface area contributed by atoms with Gasteiger partial charge in [0, 0.05) is 25.4 Å². The molecular weight excluding hydrogens is 693 g/mol. The number of hydrogen-bond acceptors (Lipinski definition) is 5. The molecule has 6 heteroatoms. The van der Waals surface area contributed by atoms with Crippen molar-refractivity contribution in [2.24, 2.45) is 5.73 Å². The van der Waals surface area contributed by atoms with E-state index in [1.165, 1.54) is 199 Å². The second-order valence-electron chi connectivity index (χ2n) is 16.8. The normalized spacial score (nSPS) is 12.3. The molecule has 0 saturated heterocycles. The van der Waals surface area contributed by atoms with Gasteiger partial charge in [-0.3, -0.25) is 9.59 Å². The molecule has 4 N–H and O–H groups in total. The van der Waals surface area contributed by atoms with Gasteiger partial charge in [-0.05, 0) is 90.0 Å². The summed E-state index contributed by atoms with van der Waals surface area (Å²) < 4.78 is 5.43. The molecule has 0 aliphatic carbocycles. The molecule has 0 aliphatic rings. The number of allylic oxidation sites excluding steroid dienone is 4. The fourth-order valence-corrected chi connectivity index (χ4v) is 7.51. The molecule has 0 heterocycles. The maximum atomic E-state index is 12.0. The number of esters is 1. The Morgan fingerprint density at radius 3 is 1.32 bits per heavy atom. The maximum absolute atomic E-state index is 12.0. The van der Waals surface area contributed by atoms with Gasteiger partial charge in [-0.1, -0.05) is 185 Å². The van der Waals surface area contributed by atoms with Gasteiger partial charge >= 0.3 is 11.9 Å². The molecule has 0 saturated carbocycles. The van der Waals surface area contributed by atoms with E-state index in [-0.39, 0.29) is 5.97 Å². The van der Waals surface area contributed by atoms with Gasteiger partial charge in [0.25, 0.3) is 0 Å². The molecule has 0 aromatic heterocycles. The van der Waals surface area contributed by atoms with Crippen LogP contribution in [-0.2, 0) is 14.3 Å².